The molecule has 140 valence electrons. The Hall–Kier alpha value is -2.87. The van der Waals surface area contributed by atoms with Crippen molar-refractivity contribution in [3.63, 3.8) is 0 Å². The molecule has 1 unspecified atom stereocenters. The average Bonchev–Trinajstić information content (AvgIpc) is 3.07. The predicted molar refractivity (Wildman–Crippen MR) is 106 cm³/mol. The molecule has 1 atom stereocenters. The summed E-state index contributed by atoms with van der Waals surface area (Å²) in [4.78, 5) is 12.6. The average molecular weight is 362 g/mol. The van der Waals surface area contributed by atoms with Crippen molar-refractivity contribution in [1.82, 2.24) is 9.78 Å². The quantitative estimate of drug-likeness (QED) is 0.704. The molecule has 1 aromatic carbocycles. The van der Waals surface area contributed by atoms with Gasteiger partial charge < -0.3 is 5.32 Å². The third kappa shape index (κ3) is 4.85. The van der Waals surface area contributed by atoms with Gasteiger partial charge in [-0.05, 0) is 31.2 Å². The number of aryl methyl sites for hydroxylation is 1. The van der Waals surface area contributed by atoms with Crippen LogP contribution in [0.4, 0.5) is 5.82 Å². The number of nitrogens with zero attached hydrogens (tertiary/aromatic N) is 3. The summed E-state index contributed by atoms with van der Waals surface area (Å²) in [6.07, 6.45) is 8.99. The number of unbranched alkanes of at least 4 members (excludes halogenated alkanes) is 2. The van der Waals surface area contributed by atoms with Crippen LogP contribution in [0, 0.1) is 17.2 Å². The zero-order valence-corrected chi connectivity index (χ0v) is 15.8. The van der Waals surface area contributed by atoms with Crippen molar-refractivity contribution in [2.45, 2.75) is 52.0 Å². The van der Waals surface area contributed by atoms with Crippen LogP contribution >= 0.6 is 0 Å². The summed E-state index contributed by atoms with van der Waals surface area (Å²) < 4.78 is 1.84. The van der Waals surface area contributed by atoms with Gasteiger partial charge in [-0.1, -0.05) is 50.1 Å². The molecule has 2 aromatic rings. The van der Waals surface area contributed by atoms with Gasteiger partial charge in [0.2, 0.25) is 0 Å². The first-order valence-electron chi connectivity index (χ1n) is 9.72. The Balaban J connectivity index is 1.68. The number of hydrogen-bond acceptors (Lipinski definition) is 4. The monoisotopic (exact) mass is 362 g/mol. The second kappa shape index (κ2) is 9.18. The molecule has 1 aliphatic rings. The van der Waals surface area contributed by atoms with Gasteiger partial charge in [-0.3, -0.25) is 4.79 Å². The molecule has 1 heterocycles. The van der Waals surface area contributed by atoms with Gasteiger partial charge in [0.05, 0.1) is 6.20 Å². The van der Waals surface area contributed by atoms with E-state index in [2.05, 4.69) is 35.5 Å². The van der Waals surface area contributed by atoms with Crippen molar-refractivity contribution in [1.29, 1.82) is 5.26 Å². The molecule has 0 fully saturated rings. The minimum Gasteiger partial charge on any atom is -0.343 e. The highest BCUT2D eigenvalue weighted by atomic mass is 16.1. The maximum atomic E-state index is 12.6. The van der Waals surface area contributed by atoms with Crippen molar-refractivity contribution in [3.05, 3.63) is 59.4 Å². The van der Waals surface area contributed by atoms with E-state index >= 15 is 0 Å². The Labute approximate surface area is 160 Å². The van der Waals surface area contributed by atoms with Crippen LogP contribution in [0.3, 0.4) is 0 Å². The van der Waals surface area contributed by atoms with E-state index in [4.69, 9.17) is 0 Å². The van der Waals surface area contributed by atoms with Gasteiger partial charge in [0.15, 0.2) is 5.78 Å². The molecular weight excluding hydrogens is 336 g/mol. The van der Waals surface area contributed by atoms with Gasteiger partial charge in [0, 0.05) is 24.2 Å². The van der Waals surface area contributed by atoms with Crippen LogP contribution in [0.1, 0.15) is 50.2 Å². The third-order valence-corrected chi connectivity index (χ3v) is 5.02. The maximum absolute atomic E-state index is 12.6. The van der Waals surface area contributed by atoms with Crippen LogP contribution < -0.4 is 5.32 Å². The molecule has 1 aliphatic carbocycles. The van der Waals surface area contributed by atoms with Crippen LogP contribution in [0.5, 0.6) is 0 Å². The molecule has 0 spiro atoms. The smallest absolute Gasteiger partial charge is 0.160 e. The summed E-state index contributed by atoms with van der Waals surface area (Å²) in [5, 5.41) is 17.0. The minimum absolute atomic E-state index is 0.0304. The van der Waals surface area contributed by atoms with Gasteiger partial charge in [0.25, 0.3) is 0 Å². The number of nitrogens with one attached hydrogen (secondary N) is 1. The van der Waals surface area contributed by atoms with Crippen LogP contribution in [0.15, 0.2) is 48.3 Å². The molecule has 0 saturated carbocycles. The van der Waals surface area contributed by atoms with Crippen molar-refractivity contribution in [3.8, 4) is 6.07 Å². The molecule has 27 heavy (non-hydrogen) atoms. The van der Waals surface area contributed by atoms with E-state index in [0.29, 0.717) is 11.4 Å². The first-order chi connectivity index (χ1) is 13.2. The highest BCUT2D eigenvalue weighted by molar-refractivity contribution is 5.94. The fraction of sp³-hybridized carbons (Fsp3) is 0.409. The third-order valence-electron chi connectivity index (χ3n) is 5.02. The van der Waals surface area contributed by atoms with Crippen molar-refractivity contribution in [2.75, 3.05) is 5.32 Å². The number of carbonyl (C=O) groups is 1. The van der Waals surface area contributed by atoms with E-state index in [-0.39, 0.29) is 11.7 Å². The largest absolute Gasteiger partial charge is 0.343 e. The molecule has 0 radical (unpaired) electrons. The molecule has 5 nitrogen and oxygen atoms in total. The molecule has 3 rings (SSSR count). The lowest BCUT2D eigenvalue weighted by atomic mass is 9.86. The number of ketones is 1. The van der Waals surface area contributed by atoms with Crippen LogP contribution in [0.25, 0.3) is 0 Å². The molecule has 1 N–H and O–H groups in total. The second-order valence-corrected chi connectivity index (χ2v) is 7.07. The van der Waals surface area contributed by atoms with Crippen LogP contribution in [-0.2, 0) is 17.8 Å². The van der Waals surface area contributed by atoms with Crippen molar-refractivity contribution >= 4 is 11.6 Å². The van der Waals surface area contributed by atoms with Crippen molar-refractivity contribution in [2.24, 2.45) is 5.92 Å². The summed E-state index contributed by atoms with van der Waals surface area (Å²) >= 11 is 0. The number of benzene rings is 1. The molecule has 0 saturated heterocycles. The number of anilines is 1. The summed E-state index contributed by atoms with van der Waals surface area (Å²) in [6, 6.07) is 12.3. The molecule has 0 amide bonds. The molecule has 5 heteroatoms. The van der Waals surface area contributed by atoms with Crippen molar-refractivity contribution < 1.29 is 4.79 Å². The number of aromatic nitrogens is 2. The zero-order valence-electron chi connectivity index (χ0n) is 15.8. The van der Waals surface area contributed by atoms with E-state index in [1.807, 2.05) is 22.9 Å². The Morgan fingerprint density at radius 2 is 2.11 bits per heavy atom. The molecule has 0 aliphatic heterocycles. The fourth-order valence-corrected chi connectivity index (χ4v) is 3.47. The number of carbonyl (C=O) groups excluding carboxylic acids is 1. The number of hydrogen-bond donors (Lipinski definition) is 1. The SMILES string of the molecule is CCCCCn1ncc(C#N)c1NC1=CC(=O)C(Cc2ccccc2)CC1. The summed E-state index contributed by atoms with van der Waals surface area (Å²) in [5.74, 6) is 0.889. The number of nitriles is 1. The first kappa shape index (κ1) is 18.9. The first-order valence-corrected chi connectivity index (χ1v) is 9.72. The van der Waals surface area contributed by atoms with Crippen LogP contribution in [0.2, 0.25) is 0 Å². The van der Waals surface area contributed by atoms with Gasteiger partial charge >= 0.3 is 0 Å². The van der Waals surface area contributed by atoms with E-state index in [0.717, 1.165) is 50.8 Å². The van der Waals surface area contributed by atoms with Gasteiger partial charge in [-0.25, -0.2) is 4.68 Å². The molecule has 1 aromatic heterocycles. The topological polar surface area (TPSA) is 70.7 Å². The predicted octanol–water partition coefficient (Wildman–Crippen LogP) is 4.46. The highest BCUT2D eigenvalue weighted by Crippen LogP contribution is 2.26. The summed E-state index contributed by atoms with van der Waals surface area (Å²) in [5.41, 5.74) is 2.59. The lowest BCUT2D eigenvalue weighted by Crippen LogP contribution is -2.22. The van der Waals surface area contributed by atoms with E-state index < -0.39 is 0 Å². The van der Waals surface area contributed by atoms with E-state index in [1.165, 1.54) is 5.56 Å². The van der Waals surface area contributed by atoms with E-state index in [1.54, 1.807) is 12.3 Å². The number of allylic oxidation sites excluding steroid dienone is 2. The standard InChI is InChI=1S/C22H26N4O/c1-2-3-7-12-26-22(19(15-23)16-24-26)25-20-11-10-18(21(27)14-20)13-17-8-5-4-6-9-17/h4-6,8-9,14,16,18,25H,2-3,7,10-13H2,1H3. The Morgan fingerprint density at radius 1 is 1.30 bits per heavy atom. The maximum Gasteiger partial charge on any atom is 0.160 e. The Kier molecular flexibility index (Phi) is 6.43. The Bertz CT molecular complexity index is 845. The van der Waals surface area contributed by atoms with Gasteiger partial charge in [-0.15, -0.1) is 0 Å². The summed E-state index contributed by atoms with van der Waals surface area (Å²) in [7, 11) is 0. The van der Waals surface area contributed by atoms with Crippen LogP contribution in [-0.4, -0.2) is 15.6 Å². The normalized spacial score (nSPS) is 16.7. The van der Waals surface area contributed by atoms with Gasteiger partial charge in [0.1, 0.15) is 17.5 Å². The molecular formula is C22H26N4O. The van der Waals surface area contributed by atoms with E-state index in [9.17, 15) is 10.1 Å². The Morgan fingerprint density at radius 3 is 2.81 bits per heavy atom. The highest BCUT2D eigenvalue weighted by Gasteiger charge is 2.24. The summed E-state index contributed by atoms with van der Waals surface area (Å²) in [6.45, 7) is 2.93. The molecule has 0 bridgehead atoms. The minimum atomic E-state index is 0.0304. The second-order valence-electron chi connectivity index (χ2n) is 7.07. The lowest BCUT2D eigenvalue weighted by Gasteiger charge is -2.22. The number of rotatable bonds is 8. The van der Waals surface area contributed by atoms with Gasteiger partial charge in [-0.2, -0.15) is 10.4 Å². The lowest BCUT2D eigenvalue weighted by molar-refractivity contribution is -0.118. The fourth-order valence-electron chi connectivity index (χ4n) is 3.47. The zero-order chi connectivity index (χ0) is 19.1.